The van der Waals surface area contributed by atoms with Crippen molar-refractivity contribution in [3.8, 4) is 0 Å². The lowest BCUT2D eigenvalue weighted by Crippen LogP contribution is -2.22. The van der Waals surface area contributed by atoms with Gasteiger partial charge < -0.3 is 19.5 Å². The summed E-state index contributed by atoms with van der Waals surface area (Å²) < 4.78 is 9.15. The number of carboxylic acid groups (broad SMARTS) is 1. The Morgan fingerprint density at radius 2 is 2.12 bits per heavy atom. The minimum atomic E-state index is -0.933. The number of rotatable bonds is 5. The zero-order chi connectivity index (χ0) is 12.2. The van der Waals surface area contributed by atoms with Crippen LogP contribution in [0.25, 0.3) is 0 Å². The van der Waals surface area contributed by atoms with Crippen LogP contribution >= 0.6 is 0 Å². The molecule has 0 bridgehead atoms. The van der Waals surface area contributed by atoms with Gasteiger partial charge in [0.1, 0.15) is 6.61 Å². The molecule has 0 saturated carbocycles. The summed E-state index contributed by atoms with van der Waals surface area (Å²) in [6.45, 7) is 2.59. The summed E-state index contributed by atoms with van der Waals surface area (Å²) in [5.41, 5.74) is 0. The number of methoxy groups -OCH3 is 2. The maximum atomic E-state index is 9.47. The van der Waals surface area contributed by atoms with E-state index in [0.717, 1.165) is 19.7 Å². The van der Waals surface area contributed by atoms with Crippen LogP contribution < -0.4 is 0 Å². The average Bonchev–Trinajstić information content (AvgIpc) is 2.28. The van der Waals surface area contributed by atoms with Crippen LogP contribution in [0.2, 0.25) is 0 Å². The van der Waals surface area contributed by atoms with Gasteiger partial charge in [0, 0.05) is 27.3 Å². The molecule has 0 spiro atoms. The Morgan fingerprint density at radius 3 is 2.50 bits per heavy atom. The van der Waals surface area contributed by atoms with Crippen molar-refractivity contribution >= 4 is 5.97 Å². The third-order valence-corrected chi connectivity index (χ3v) is 1.73. The van der Waals surface area contributed by atoms with E-state index in [-0.39, 0.29) is 6.61 Å². The van der Waals surface area contributed by atoms with Crippen molar-refractivity contribution in [3.63, 3.8) is 0 Å². The monoisotopic (exact) mass is 229 g/mol. The van der Waals surface area contributed by atoms with Crippen LogP contribution in [0.4, 0.5) is 0 Å². The fourth-order valence-corrected chi connectivity index (χ4v) is 1.00. The third kappa shape index (κ3) is 9.23. The van der Waals surface area contributed by atoms with Gasteiger partial charge in [-0.25, -0.2) is 4.79 Å². The maximum absolute atomic E-state index is 9.47. The molecule has 0 aliphatic carbocycles. The minimum absolute atomic E-state index is 0.208. The zero-order valence-corrected chi connectivity index (χ0v) is 9.76. The van der Waals surface area contributed by atoms with Crippen molar-refractivity contribution < 1.29 is 19.4 Å². The van der Waals surface area contributed by atoms with Gasteiger partial charge >= 0.3 is 5.97 Å². The van der Waals surface area contributed by atoms with Crippen molar-refractivity contribution in [2.75, 3.05) is 40.5 Å². The molecule has 92 valence electrons. The molecule has 1 heterocycles. The van der Waals surface area contributed by atoms with E-state index in [2.05, 4.69) is 28.0 Å². The maximum Gasteiger partial charge on any atom is 0.329 e. The highest BCUT2D eigenvalue weighted by molar-refractivity contribution is 5.67. The fraction of sp³-hybridized carbons (Fsp3) is 0.545. The molecule has 1 aliphatic heterocycles. The molecular formula is C11H19NO4. The summed E-state index contributed by atoms with van der Waals surface area (Å²) in [6.07, 6.45) is 8.32. The molecule has 0 amide bonds. The molecule has 1 aliphatic rings. The van der Waals surface area contributed by atoms with Crippen molar-refractivity contribution in [2.24, 2.45) is 0 Å². The summed E-state index contributed by atoms with van der Waals surface area (Å²) in [5, 5.41) is 7.79. The first-order valence-corrected chi connectivity index (χ1v) is 4.97. The van der Waals surface area contributed by atoms with E-state index in [9.17, 15) is 4.79 Å². The fourth-order valence-electron chi connectivity index (χ4n) is 1.00. The van der Waals surface area contributed by atoms with Crippen LogP contribution in [-0.2, 0) is 14.3 Å². The van der Waals surface area contributed by atoms with Gasteiger partial charge in [-0.1, -0.05) is 12.2 Å². The molecule has 0 unspecified atom stereocenters. The molecule has 1 rings (SSSR count). The number of hydrogen-bond donors (Lipinski definition) is 1. The smallest absolute Gasteiger partial charge is 0.329 e. The second-order valence-electron chi connectivity index (χ2n) is 3.08. The van der Waals surface area contributed by atoms with Gasteiger partial charge in [0.05, 0.1) is 6.61 Å². The van der Waals surface area contributed by atoms with Crippen LogP contribution in [0.1, 0.15) is 0 Å². The quantitative estimate of drug-likeness (QED) is 0.753. The van der Waals surface area contributed by atoms with E-state index < -0.39 is 5.97 Å². The van der Waals surface area contributed by atoms with E-state index in [0.29, 0.717) is 0 Å². The molecular weight excluding hydrogens is 210 g/mol. The molecule has 0 atom stereocenters. The number of carbonyl (C=O) groups is 1. The van der Waals surface area contributed by atoms with Crippen molar-refractivity contribution in [3.05, 3.63) is 24.4 Å². The van der Waals surface area contributed by atoms with E-state index in [4.69, 9.17) is 9.84 Å². The predicted octanol–water partition coefficient (Wildman–Crippen LogP) is 0.736. The second kappa shape index (κ2) is 10.2. The lowest BCUT2D eigenvalue weighted by atomic mass is 10.3. The van der Waals surface area contributed by atoms with E-state index in [1.54, 1.807) is 7.11 Å². The van der Waals surface area contributed by atoms with Gasteiger partial charge in [-0.05, 0) is 12.3 Å². The summed E-state index contributed by atoms with van der Waals surface area (Å²) in [6, 6.07) is 0. The lowest BCUT2D eigenvalue weighted by Gasteiger charge is -2.19. The summed E-state index contributed by atoms with van der Waals surface area (Å²) in [7, 11) is 3.07. The normalized spacial score (nSPS) is 13.2. The third-order valence-electron chi connectivity index (χ3n) is 1.73. The number of ether oxygens (including phenoxy) is 2. The molecule has 16 heavy (non-hydrogen) atoms. The molecule has 0 aromatic rings. The zero-order valence-electron chi connectivity index (χ0n) is 9.76. The second-order valence-corrected chi connectivity index (χ2v) is 3.08. The van der Waals surface area contributed by atoms with Gasteiger partial charge in [-0.2, -0.15) is 0 Å². The van der Waals surface area contributed by atoms with Crippen molar-refractivity contribution in [1.29, 1.82) is 0 Å². The lowest BCUT2D eigenvalue weighted by molar-refractivity contribution is -0.141. The predicted molar refractivity (Wildman–Crippen MR) is 61.2 cm³/mol. The Kier molecular flexibility index (Phi) is 9.35. The Balaban J connectivity index is 0.000000325. The molecule has 5 nitrogen and oxygen atoms in total. The van der Waals surface area contributed by atoms with Crippen molar-refractivity contribution in [1.82, 2.24) is 4.90 Å². The minimum Gasteiger partial charge on any atom is -0.480 e. The van der Waals surface area contributed by atoms with Gasteiger partial charge in [-0.3, -0.25) is 0 Å². The molecule has 0 saturated heterocycles. The van der Waals surface area contributed by atoms with Crippen LogP contribution in [-0.4, -0.2) is 56.5 Å². The molecule has 1 N–H and O–H groups in total. The van der Waals surface area contributed by atoms with Crippen LogP contribution in [0.3, 0.4) is 0 Å². The van der Waals surface area contributed by atoms with Crippen LogP contribution in [0.5, 0.6) is 0 Å². The Bertz CT molecular complexity index is 238. The average molecular weight is 229 g/mol. The standard InChI is InChI=1S/C8H13NO.C3H6O3/c1-10-8-7-9-5-3-2-4-6-9;1-6-2-3(4)5/h2-5H,6-8H2,1H3;2H2,1H3,(H,4,5). The number of aliphatic carboxylic acids is 1. The first-order valence-electron chi connectivity index (χ1n) is 4.97. The van der Waals surface area contributed by atoms with Gasteiger partial charge in [0.15, 0.2) is 0 Å². The van der Waals surface area contributed by atoms with E-state index in [1.807, 2.05) is 6.08 Å². The largest absolute Gasteiger partial charge is 0.480 e. The first-order chi connectivity index (χ1) is 7.70. The number of nitrogens with zero attached hydrogens (tertiary/aromatic N) is 1. The topological polar surface area (TPSA) is 59.0 Å². The van der Waals surface area contributed by atoms with E-state index >= 15 is 0 Å². The Morgan fingerprint density at radius 1 is 1.38 bits per heavy atom. The molecule has 5 heteroatoms. The van der Waals surface area contributed by atoms with Gasteiger partial charge in [0.2, 0.25) is 0 Å². The summed E-state index contributed by atoms with van der Waals surface area (Å²) >= 11 is 0. The van der Waals surface area contributed by atoms with Crippen LogP contribution in [0.15, 0.2) is 24.4 Å². The van der Waals surface area contributed by atoms with E-state index in [1.165, 1.54) is 7.11 Å². The highest BCUT2D eigenvalue weighted by Crippen LogP contribution is 1.96. The molecule has 0 aromatic heterocycles. The summed E-state index contributed by atoms with van der Waals surface area (Å²) in [4.78, 5) is 11.7. The molecule has 0 radical (unpaired) electrons. The Labute approximate surface area is 96.0 Å². The van der Waals surface area contributed by atoms with Crippen LogP contribution in [0, 0.1) is 0 Å². The SMILES string of the molecule is COCC(=O)O.COCCN1C=CC=CC1. The number of hydrogen-bond acceptors (Lipinski definition) is 4. The molecule has 0 aromatic carbocycles. The molecule has 0 fully saturated rings. The van der Waals surface area contributed by atoms with Gasteiger partial charge in [-0.15, -0.1) is 0 Å². The number of carboxylic acids is 1. The highest BCUT2D eigenvalue weighted by Gasteiger charge is 1.96. The first kappa shape index (κ1) is 14.7. The Hall–Kier alpha value is -1.33. The number of allylic oxidation sites excluding steroid dienone is 2. The summed E-state index contributed by atoms with van der Waals surface area (Å²) in [5.74, 6) is -0.933. The highest BCUT2D eigenvalue weighted by atomic mass is 16.5. The van der Waals surface area contributed by atoms with Crippen molar-refractivity contribution in [2.45, 2.75) is 0 Å². The van der Waals surface area contributed by atoms with Gasteiger partial charge in [0.25, 0.3) is 0 Å².